The molecule has 0 spiro atoms. The third kappa shape index (κ3) is 4.72. The molecule has 2 aliphatic rings. The standard InChI is InChI=1S/C19H26F2N4O/c1-2-22-19(25-11-7-15(14-25)24-9-3-4-10-24)23-8-12-26-16-5-6-17(20)18(21)13-16/h3-6,13,15H,2,7-12,14H2,1H3,(H,22,23). The number of nitrogens with one attached hydrogen (secondary N) is 1. The number of nitrogens with zero attached hydrogens (tertiary/aromatic N) is 3. The van der Waals surface area contributed by atoms with Gasteiger partial charge in [0.15, 0.2) is 17.6 Å². The van der Waals surface area contributed by atoms with Gasteiger partial charge in [-0.1, -0.05) is 12.2 Å². The molecule has 0 saturated carbocycles. The van der Waals surface area contributed by atoms with E-state index in [4.69, 9.17) is 4.74 Å². The zero-order valence-electron chi connectivity index (χ0n) is 15.1. The van der Waals surface area contributed by atoms with E-state index in [0.29, 0.717) is 24.9 Å². The molecule has 3 rings (SSSR count). The Balaban J connectivity index is 1.49. The molecule has 142 valence electrons. The van der Waals surface area contributed by atoms with Crippen LogP contribution in [0.2, 0.25) is 0 Å². The van der Waals surface area contributed by atoms with E-state index in [2.05, 4.69) is 32.3 Å². The average molecular weight is 364 g/mol. The number of aliphatic imine (C=N–C) groups is 1. The molecule has 1 atom stereocenters. The molecule has 7 heteroatoms. The number of benzene rings is 1. The largest absolute Gasteiger partial charge is 0.492 e. The summed E-state index contributed by atoms with van der Waals surface area (Å²) in [5, 5.41) is 3.33. The molecule has 1 aromatic rings. The van der Waals surface area contributed by atoms with Gasteiger partial charge >= 0.3 is 0 Å². The van der Waals surface area contributed by atoms with E-state index in [0.717, 1.165) is 57.2 Å². The smallest absolute Gasteiger partial charge is 0.194 e. The number of halogens is 2. The van der Waals surface area contributed by atoms with Crippen LogP contribution in [0.15, 0.2) is 35.3 Å². The van der Waals surface area contributed by atoms with Crippen LogP contribution in [-0.2, 0) is 0 Å². The van der Waals surface area contributed by atoms with Gasteiger partial charge in [-0.2, -0.15) is 0 Å². The Morgan fingerprint density at radius 2 is 2.08 bits per heavy atom. The SMILES string of the molecule is CCNC(=NCCOc1ccc(F)c(F)c1)N1CCC(N2CC=CC2)C1. The van der Waals surface area contributed by atoms with Gasteiger partial charge in [0.25, 0.3) is 0 Å². The van der Waals surface area contributed by atoms with Gasteiger partial charge in [0.2, 0.25) is 0 Å². The van der Waals surface area contributed by atoms with Crippen molar-refractivity contribution in [2.45, 2.75) is 19.4 Å². The first-order chi connectivity index (χ1) is 12.7. The number of hydrogen-bond donors (Lipinski definition) is 1. The molecule has 1 fully saturated rings. The number of guanidine groups is 1. The van der Waals surface area contributed by atoms with Gasteiger partial charge in [0.05, 0.1) is 6.54 Å². The third-order valence-corrected chi connectivity index (χ3v) is 4.67. The van der Waals surface area contributed by atoms with Gasteiger partial charge in [-0.15, -0.1) is 0 Å². The second kappa shape index (κ2) is 8.98. The Morgan fingerprint density at radius 3 is 2.81 bits per heavy atom. The topological polar surface area (TPSA) is 40.1 Å². The molecule has 0 aromatic heterocycles. The predicted octanol–water partition coefficient (Wildman–Crippen LogP) is 2.26. The Hall–Kier alpha value is -2.15. The fourth-order valence-electron chi connectivity index (χ4n) is 3.33. The highest BCUT2D eigenvalue weighted by Crippen LogP contribution is 2.18. The van der Waals surface area contributed by atoms with Crippen LogP contribution in [0, 0.1) is 11.6 Å². The van der Waals surface area contributed by atoms with Crippen molar-refractivity contribution in [1.29, 1.82) is 0 Å². The quantitative estimate of drug-likeness (QED) is 0.364. The zero-order chi connectivity index (χ0) is 18.4. The van der Waals surface area contributed by atoms with Gasteiger partial charge in [0.1, 0.15) is 12.4 Å². The number of hydrogen-bond acceptors (Lipinski definition) is 3. The molecule has 5 nitrogen and oxygen atoms in total. The van der Waals surface area contributed by atoms with Gasteiger partial charge in [-0.05, 0) is 25.5 Å². The van der Waals surface area contributed by atoms with Crippen LogP contribution in [0.5, 0.6) is 5.75 Å². The summed E-state index contributed by atoms with van der Waals surface area (Å²) in [6.45, 7) is 7.64. The maximum atomic E-state index is 13.2. The van der Waals surface area contributed by atoms with Crippen LogP contribution in [0.25, 0.3) is 0 Å². The zero-order valence-corrected chi connectivity index (χ0v) is 15.1. The monoisotopic (exact) mass is 364 g/mol. The summed E-state index contributed by atoms with van der Waals surface area (Å²) in [6.07, 6.45) is 5.58. The minimum absolute atomic E-state index is 0.312. The minimum atomic E-state index is -0.904. The Bertz CT molecular complexity index is 657. The molecule has 1 aromatic carbocycles. The first-order valence-corrected chi connectivity index (χ1v) is 9.17. The van der Waals surface area contributed by atoms with E-state index in [1.54, 1.807) is 0 Å². The number of likely N-dealkylation sites (tertiary alicyclic amines) is 1. The summed E-state index contributed by atoms with van der Waals surface area (Å²) in [6, 6.07) is 4.10. The van der Waals surface area contributed by atoms with Gasteiger partial charge in [0, 0.05) is 44.8 Å². The Kier molecular flexibility index (Phi) is 6.44. The molecule has 2 heterocycles. The summed E-state index contributed by atoms with van der Waals surface area (Å²) in [7, 11) is 0. The average Bonchev–Trinajstić information content (AvgIpc) is 3.32. The second-order valence-electron chi connectivity index (χ2n) is 6.47. The van der Waals surface area contributed by atoms with Crippen LogP contribution >= 0.6 is 0 Å². The lowest BCUT2D eigenvalue weighted by Gasteiger charge is -2.25. The van der Waals surface area contributed by atoms with E-state index >= 15 is 0 Å². The molecule has 26 heavy (non-hydrogen) atoms. The molecule has 0 bridgehead atoms. The third-order valence-electron chi connectivity index (χ3n) is 4.67. The maximum Gasteiger partial charge on any atom is 0.194 e. The van der Waals surface area contributed by atoms with E-state index in [1.165, 1.54) is 6.07 Å². The first-order valence-electron chi connectivity index (χ1n) is 9.17. The van der Waals surface area contributed by atoms with Gasteiger partial charge in [-0.25, -0.2) is 13.8 Å². The lowest BCUT2D eigenvalue weighted by molar-refractivity contribution is 0.259. The van der Waals surface area contributed by atoms with Crippen molar-refractivity contribution in [2.75, 3.05) is 45.9 Å². The van der Waals surface area contributed by atoms with Crippen molar-refractivity contribution in [1.82, 2.24) is 15.1 Å². The second-order valence-corrected chi connectivity index (χ2v) is 6.47. The summed E-state index contributed by atoms with van der Waals surface area (Å²) < 4.78 is 31.6. The highest BCUT2D eigenvalue weighted by Gasteiger charge is 2.29. The van der Waals surface area contributed by atoms with Gasteiger partial charge < -0.3 is 15.0 Å². The van der Waals surface area contributed by atoms with Crippen molar-refractivity contribution in [3.05, 3.63) is 42.0 Å². The molecular weight excluding hydrogens is 338 g/mol. The Labute approximate surface area is 153 Å². The molecule has 2 aliphatic heterocycles. The lowest BCUT2D eigenvalue weighted by atomic mass is 10.2. The lowest BCUT2D eigenvalue weighted by Crippen LogP contribution is -2.43. The number of rotatable bonds is 6. The van der Waals surface area contributed by atoms with E-state index < -0.39 is 11.6 Å². The summed E-state index contributed by atoms with van der Waals surface area (Å²) >= 11 is 0. The molecule has 0 amide bonds. The molecule has 1 N–H and O–H groups in total. The Morgan fingerprint density at radius 1 is 1.27 bits per heavy atom. The van der Waals surface area contributed by atoms with E-state index in [9.17, 15) is 8.78 Å². The normalized spacial score (nSPS) is 20.8. The fourth-order valence-corrected chi connectivity index (χ4v) is 3.33. The van der Waals surface area contributed by atoms with Crippen molar-refractivity contribution in [2.24, 2.45) is 4.99 Å². The van der Waals surface area contributed by atoms with Crippen molar-refractivity contribution < 1.29 is 13.5 Å². The highest BCUT2D eigenvalue weighted by molar-refractivity contribution is 5.80. The fraction of sp³-hybridized carbons (Fsp3) is 0.526. The van der Waals surface area contributed by atoms with Crippen molar-refractivity contribution in [3.63, 3.8) is 0 Å². The predicted molar refractivity (Wildman–Crippen MR) is 98.5 cm³/mol. The summed E-state index contributed by atoms with van der Waals surface area (Å²) in [4.78, 5) is 9.38. The maximum absolute atomic E-state index is 13.2. The van der Waals surface area contributed by atoms with Crippen molar-refractivity contribution >= 4 is 5.96 Å². The van der Waals surface area contributed by atoms with Crippen LogP contribution in [0.4, 0.5) is 8.78 Å². The van der Waals surface area contributed by atoms with Crippen molar-refractivity contribution in [3.8, 4) is 5.75 Å². The molecular formula is C19H26F2N4O. The van der Waals surface area contributed by atoms with Gasteiger partial charge in [-0.3, -0.25) is 4.90 Å². The first kappa shape index (κ1) is 18.6. The minimum Gasteiger partial charge on any atom is -0.492 e. The van der Waals surface area contributed by atoms with Crippen LogP contribution in [-0.4, -0.2) is 67.7 Å². The van der Waals surface area contributed by atoms with E-state index in [-0.39, 0.29) is 0 Å². The molecule has 1 saturated heterocycles. The summed E-state index contributed by atoms with van der Waals surface area (Å²) in [5.41, 5.74) is 0. The molecule has 1 unspecified atom stereocenters. The van der Waals surface area contributed by atoms with Crippen LogP contribution < -0.4 is 10.1 Å². The molecule has 0 aliphatic carbocycles. The summed E-state index contributed by atoms with van der Waals surface area (Å²) in [5.74, 6) is -0.580. The van der Waals surface area contributed by atoms with E-state index in [1.807, 2.05) is 6.92 Å². The number of ether oxygens (including phenoxy) is 1. The van der Waals surface area contributed by atoms with Crippen LogP contribution in [0.3, 0.4) is 0 Å². The van der Waals surface area contributed by atoms with Crippen LogP contribution in [0.1, 0.15) is 13.3 Å². The highest BCUT2D eigenvalue weighted by atomic mass is 19.2. The molecule has 0 radical (unpaired) electrons.